The Morgan fingerprint density at radius 3 is 2.90 bits per heavy atom. The zero-order valence-corrected chi connectivity index (χ0v) is 12.6. The van der Waals surface area contributed by atoms with E-state index in [1.807, 2.05) is 25.1 Å². The summed E-state index contributed by atoms with van der Waals surface area (Å²) in [5, 5.41) is 6.23. The number of carbonyl (C=O) groups excluding carboxylic acids is 1. The third-order valence-electron chi connectivity index (χ3n) is 2.96. The van der Waals surface area contributed by atoms with Crippen molar-refractivity contribution in [3.63, 3.8) is 0 Å². The molecule has 2 N–H and O–H groups in total. The van der Waals surface area contributed by atoms with Crippen molar-refractivity contribution in [3.05, 3.63) is 45.9 Å². The Morgan fingerprint density at radius 1 is 1.40 bits per heavy atom. The fourth-order valence-corrected chi connectivity index (χ4v) is 2.42. The highest BCUT2D eigenvalue weighted by atomic mass is 32.1. The number of carbonyl (C=O) groups is 1. The Labute approximate surface area is 123 Å². The molecule has 0 bridgehead atoms. The Kier molecular flexibility index (Phi) is 5.12. The summed E-state index contributed by atoms with van der Waals surface area (Å²) < 4.78 is 0. The van der Waals surface area contributed by atoms with Crippen LogP contribution in [0.2, 0.25) is 0 Å². The van der Waals surface area contributed by atoms with Gasteiger partial charge >= 0.3 is 0 Å². The first-order valence-corrected chi connectivity index (χ1v) is 7.58. The van der Waals surface area contributed by atoms with Gasteiger partial charge in [0.15, 0.2) is 0 Å². The Hall–Kier alpha value is -1.88. The summed E-state index contributed by atoms with van der Waals surface area (Å²) in [4.78, 5) is 17.2. The van der Waals surface area contributed by atoms with Crippen molar-refractivity contribution in [1.29, 1.82) is 0 Å². The van der Waals surface area contributed by atoms with E-state index in [0.717, 1.165) is 34.7 Å². The zero-order chi connectivity index (χ0) is 14.4. The quantitative estimate of drug-likeness (QED) is 0.858. The second-order valence-electron chi connectivity index (χ2n) is 4.61. The predicted molar refractivity (Wildman–Crippen MR) is 83.2 cm³/mol. The number of thiazole rings is 1. The van der Waals surface area contributed by atoms with Crippen LogP contribution in [0.1, 0.15) is 34.1 Å². The van der Waals surface area contributed by atoms with Crippen LogP contribution in [0.4, 0.5) is 5.69 Å². The van der Waals surface area contributed by atoms with Crippen LogP contribution in [-0.4, -0.2) is 17.4 Å². The number of nitrogens with one attached hydrogen (secondary N) is 2. The standard InChI is InChI=1S/C15H19N3OS/c1-3-6-17-12-4-5-14(11(2)7-12)15(19)18-9-13-8-16-10-20-13/h4-5,7-8,10,17H,3,6,9H2,1-2H3,(H,18,19). The summed E-state index contributed by atoms with van der Waals surface area (Å²) in [6, 6.07) is 5.83. The highest BCUT2D eigenvalue weighted by molar-refractivity contribution is 7.09. The number of nitrogens with zero attached hydrogens (tertiary/aromatic N) is 1. The lowest BCUT2D eigenvalue weighted by Gasteiger charge is -2.10. The van der Waals surface area contributed by atoms with Gasteiger partial charge in [0, 0.05) is 28.9 Å². The molecule has 2 rings (SSSR count). The molecule has 20 heavy (non-hydrogen) atoms. The Balaban J connectivity index is 1.98. The minimum absolute atomic E-state index is 0.0436. The summed E-state index contributed by atoms with van der Waals surface area (Å²) in [6.07, 6.45) is 2.85. The van der Waals surface area contributed by atoms with E-state index in [9.17, 15) is 4.79 Å². The fraction of sp³-hybridized carbons (Fsp3) is 0.333. The molecule has 0 aliphatic carbocycles. The molecule has 2 aromatic rings. The lowest BCUT2D eigenvalue weighted by atomic mass is 10.1. The summed E-state index contributed by atoms with van der Waals surface area (Å²) in [6.45, 7) is 5.55. The van der Waals surface area contributed by atoms with Crippen LogP contribution in [-0.2, 0) is 6.54 Å². The van der Waals surface area contributed by atoms with E-state index in [1.165, 1.54) is 11.3 Å². The van der Waals surface area contributed by atoms with Gasteiger partial charge in [-0.25, -0.2) is 0 Å². The average Bonchev–Trinajstić information content (AvgIpc) is 2.96. The van der Waals surface area contributed by atoms with Crippen LogP contribution in [0.5, 0.6) is 0 Å². The maximum absolute atomic E-state index is 12.1. The van der Waals surface area contributed by atoms with Crippen molar-refractivity contribution >= 4 is 22.9 Å². The lowest BCUT2D eigenvalue weighted by Crippen LogP contribution is -2.23. The smallest absolute Gasteiger partial charge is 0.251 e. The van der Waals surface area contributed by atoms with Gasteiger partial charge in [-0.05, 0) is 37.1 Å². The first-order chi connectivity index (χ1) is 9.70. The topological polar surface area (TPSA) is 54.0 Å². The second-order valence-corrected chi connectivity index (χ2v) is 5.58. The molecule has 1 amide bonds. The first kappa shape index (κ1) is 14.5. The molecular formula is C15H19N3OS. The van der Waals surface area contributed by atoms with Gasteiger partial charge in [0.25, 0.3) is 5.91 Å². The van der Waals surface area contributed by atoms with E-state index < -0.39 is 0 Å². The Bertz CT molecular complexity index is 567. The molecule has 0 saturated carbocycles. The molecule has 0 fully saturated rings. The van der Waals surface area contributed by atoms with Crippen LogP contribution in [0.15, 0.2) is 29.9 Å². The molecule has 0 saturated heterocycles. The van der Waals surface area contributed by atoms with Gasteiger partial charge in [0.05, 0.1) is 12.1 Å². The van der Waals surface area contributed by atoms with Crippen molar-refractivity contribution in [2.24, 2.45) is 0 Å². The summed E-state index contributed by atoms with van der Waals surface area (Å²) in [5.74, 6) is -0.0436. The van der Waals surface area contributed by atoms with Crippen molar-refractivity contribution in [1.82, 2.24) is 10.3 Å². The highest BCUT2D eigenvalue weighted by Gasteiger charge is 2.09. The second kappa shape index (κ2) is 7.05. The SMILES string of the molecule is CCCNc1ccc(C(=O)NCc2cncs2)c(C)c1. The minimum Gasteiger partial charge on any atom is -0.385 e. The van der Waals surface area contributed by atoms with Gasteiger partial charge in [-0.1, -0.05) is 6.92 Å². The normalized spacial score (nSPS) is 10.3. The third-order valence-corrected chi connectivity index (χ3v) is 3.74. The van der Waals surface area contributed by atoms with Crippen molar-refractivity contribution < 1.29 is 4.79 Å². The number of rotatable bonds is 6. The van der Waals surface area contributed by atoms with E-state index in [0.29, 0.717) is 6.54 Å². The molecule has 106 valence electrons. The van der Waals surface area contributed by atoms with Crippen molar-refractivity contribution in [2.45, 2.75) is 26.8 Å². The maximum Gasteiger partial charge on any atom is 0.251 e. The van der Waals surface area contributed by atoms with Crippen LogP contribution in [0.3, 0.4) is 0 Å². The molecule has 1 aromatic heterocycles. The van der Waals surface area contributed by atoms with Gasteiger partial charge in [-0.15, -0.1) is 11.3 Å². The third kappa shape index (κ3) is 3.81. The van der Waals surface area contributed by atoms with Crippen LogP contribution >= 0.6 is 11.3 Å². The molecule has 0 spiro atoms. The molecule has 4 nitrogen and oxygen atoms in total. The fourth-order valence-electron chi connectivity index (χ4n) is 1.89. The average molecular weight is 289 g/mol. The van der Waals surface area contributed by atoms with Crippen LogP contribution < -0.4 is 10.6 Å². The number of anilines is 1. The lowest BCUT2D eigenvalue weighted by molar-refractivity contribution is 0.0950. The summed E-state index contributed by atoms with van der Waals surface area (Å²) in [5.41, 5.74) is 4.52. The largest absolute Gasteiger partial charge is 0.385 e. The number of aromatic nitrogens is 1. The van der Waals surface area contributed by atoms with E-state index >= 15 is 0 Å². The van der Waals surface area contributed by atoms with Crippen molar-refractivity contribution in [2.75, 3.05) is 11.9 Å². The number of hydrogen-bond acceptors (Lipinski definition) is 4. The predicted octanol–water partition coefficient (Wildman–Crippen LogP) is 3.20. The summed E-state index contributed by atoms with van der Waals surface area (Å²) in [7, 11) is 0. The molecule has 1 aromatic carbocycles. The van der Waals surface area contributed by atoms with Gasteiger partial charge in [0.1, 0.15) is 0 Å². The van der Waals surface area contributed by atoms with Gasteiger partial charge in [-0.3, -0.25) is 9.78 Å². The van der Waals surface area contributed by atoms with Gasteiger partial charge in [-0.2, -0.15) is 0 Å². The number of hydrogen-bond donors (Lipinski definition) is 2. The van der Waals surface area contributed by atoms with Crippen LogP contribution in [0.25, 0.3) is 0 Å². The monoisotopic (exact) mass is 289 g/mol. The number of aryl methyl sites for hydroxylation is 1. The highest BCUT2D eigenvalue weighted by Crippen LogP contribution is 2.15. The number of benzene rings is 1. The molecule has 0 radical (unpaired) electrons. The van der Waals surface area contributed by atoms with Crippen LogP contribution in [0, 0.1) is 6.92 Å². The number of amides is 1. The van der Waals surface area contributed by atoms with Gasteiger partial charge < -0.3 is 10.6 Å². The molecule has 1 heterocycles. The van der Waals surface area contributed by atoms with E-state index in [1.54, 1.807) is 11.7 Å². The maximum atomic E-state index is 12.1. The molecule has 5 heteroatoms. The van der Waals surface area contributed by atoms with Gasteiger partial charge in [0.2, 0.25) is 0 Å². The summed E-state index contributed by atoms with van der Waals surface area (Å²) >= 11 is 1.54. The van der Waals surface area contributed by atoms with E-state index in [2.05, 4.69) is 22.5 Å². The molecule has 0 atom stereocenters. The molecule has 0 unspecified atom stereocenters. The van der Waals surface area contributed by atoms with Crippen molar-refractivity contribution in [3.8, 4) is 0 Å². The zero-order valence-electron chi connectivity index (χ0n) is 11.8. The van der Waals surface area contributed by atoms with E-state index in [4.69, 9.17) is 0 Å². The Morgan fingerprint density at radius 2 is 2.25 bits per heavy atom. The minimum atomic E-state index is -0.0436. The molecular weight excluding hydrogens is 270 g/mol. The first-order valence-electron chi connectivity index (χ1n) is 6.70. The molecule has 0 aliphatic rings. The molecule has 0 aliphatic heterocycles. The van der Waals surface area contributed by atoms with E-state index in [-0.39, 0.29) is 5.91 Å².